The van der Waals surface area contributed by atoms with Gasteiger partial charge in [0.05, 0.1) is 25.5 Å². The molecule has 5 rings (SSSR count). The zero-order valence-corrected chi connectivity index (χ0v) is 19.9. The second-order valence-corrected chi connectivity index (χ2v) is 8.57. The van der Waals surface area contributed by atoms with Crippen molar-refractivity contribution in [1.82, 2.24) is 24.5 Å². The van der Waals surface area contributed by atoms with Crippen molar-refractivity contribution >= 4 is 28.9 Å². The Morgan fingerprint density at radius 3 is 2.64 bits per heavy atom. The number of aromatic nitrogens is 4. The molecule has 2 amide bonds. The summed E-state index contributed by atoms with van der Waals surface area (Å²) in [5.41, 5.74) is 11.6. The lowest BCUT2D eigenvalue weighted by Crippen LogP contribution is -2.36. The third-order valence-electron chi connectivity index (χ3n) is 6.16. The number of nitrogens with one attached hydrogen (secondary N) is 2. The quantitative estimate of drug-likeness (QED) is 0.324. The van der Waals surface area contributed by atoms with Gasteiger partial charge < -0.3 is 20.9 Å². The molecule has 0 bridgehead atoms. The number of urea groups is 1. The van der Waals surface area contributed by atoms with Crippen molar-refractivity contribution in [3.05, 3.63) is 65.7 Å². The Labute approximate surface area is 207 Å². The summed E-state index contributed by atoms with van der Waals surface area (Å²) >= 11 is 0. The molecule has 1 fully saturated rings. The number of nitrogens with zero attached hydrogens (tertiary/aromatic N) is 5. The van der Waals surface area contributed by atoms with Gasteiger partial charge in [-0.05, 0) is 36.8 Å². The van der Waals surface area contributed by atoms with Gasteiger partial charge in [0, 0.05) is 42.1 Å². The maximum Gasteiger partial charge on any atom is 0.324 e. The number of aryl methyl sites for hydroxylation is 1. The average molecular weight is 489 g/mol. The molecule has 4 aromatic rings. The molecule has 11 nitrogen and oxygen atoms in total. The van der Waals surface area contributed by atoms with Crippen LogP contribution >= 0.6 is 0 Å². The van der Waals surface area contributed by atoms with Crippen LogP contribution in [0.1, 0.15) is 17.0 Å². The standard InChI is InChI=1S/C25H28N8O3/c1-16-3-2-4-21(29-16)31-25(35)30-18-7-5-17(6-8-18)22-19(14-34)20(13-32-9-11-36-12-10-32)33-23(22)24(26)27-15-28-33/h2-8,15,34H,9-14H2,1H3,(H2,26,27,28)(H2,29,30,31,35). The molecule has 0 unspecified atom stereocenters. The molecule has 36 heavy (non-hydrogen) atoms. The van der Waals surface area contributed by atoms with Gasteiger partial charge in [0.1, 0.15) is 17.7 Å². The van der Waals surface area contributed by atoms with Crippen molar-refractivity contribution in [2.24, 2.45) is 0 Å². The van der Waals surface area contributed by atoms with Crippen molar-refractivity contribution in [1.29, 1.82) is 0 Å². The Morgan fingerprint density at radius 1 is 1.14 bits per heavy atom. The molecule has 0 saturated carbocycles. The second kappa shape index (κ2) is 10.3. The molecular weight excluding hydrogens is 460 g/mol. The number of hydrogen-bond acceptors (Lipinski definition) is 8. The lowest BCUT2D eigenvalue weighted by Gasteiger charge is -2.26. The third-order valence-corrected chi connectivity index (χ3v) is 6.16. The fourth-order valence-corrected chi connectivity index (χ4v) is 4.45. The van der Waals surface area contributed by atoms with E-state index in [0.717, 1.165) is 41.2 Å². The predicted molar refractivity (Wildman–Crippen MR) is 136 cm³/mol. The van der Waals surface area contributed by atoms with E-state index < -0.39 is 6.03 Å². The summed E-state index contributed by atoms with van der Waals surface area (Å²) in [7, 11) is 0. The number of aliphatic hydroxyl groups excluding tert-OH is 1. The first-order valence-corrected chi connectivity index (χ1v) is 11.7. The average Bonchev–Trinajstić information content (AvgIpc) is 3.19. The van der Waals surface area contributed by atoms with E-state index in [-0.39, 0.29) is 6.61 Å². The van der Waals surface area contributed by atoms with E-state index in [2.05, 4.69) is 30.6 Å². The SMILES string of the molecule is Cc1cccc(NC(=O)Nc2ccc(-c3c(CO)c(CN4CCOCC4)n4ncnc(N)c34)cc2)n1. The van der Waals surface area contributed by atoms with Crippen LogP contribution in [0, 0.1) is 6.92 Å². The van der Waals surface area contributed by atoms with E-state index in [9.17, 15) is 9.90 Å². The van der Waals surface area contributed by atoms with Crippen LogP contribution in [0.25, 0.3) is 16.6 Å². The number of anilines is 3. The van der Waals surface area contributed by atoms with Gasteiger partial charge in [0.2, 0.25) is 0 Å². The van der Waals surface area contributed by atoms with Gasteiger partial charge in [0.15, 0.2) is 5.82 Å². The van der Waals surface area contributed by atoms with E-state index in [1.54, 1.807) is 22.7 Å². The number of morpholine rings is 1. The van der Waals surface area contributed by atoms with Crippen LogP contribution in [0.2, 0.25) is 0 Å². The zero-order chi connectivity index (χ0) is 25.1. The highest BCUT2D eigenvalue weighted by molar-refractivity contribution is 5.99. The molecule has 0 radical (unpaired) electrons. The van der Waals surface area contributed by atoms with Gasteiger partial charge in [-0.3, -0.25) is 10.2 Å². The van der Waals surface area contributed by atoms with Crippen LogP contribution in [0.4, 0.5) is 22.1 Å². The molecule has 1 aliphatic rings. The smallest absolute Gasteiger partial charge is 0.324 e. The highest BCUT2D eigenvalue weighted by Gasteiger charge is 2.24. The van der Waals surface area contributed by atoms with Crippen LogP contribution < -0.4 is 16.4 Å². The monoisotopic (exact) mass is 488 g/mol. The molecule has 1 aliphatic heterocycles. The minimum Gasteiger partial charge on any atom is -0.392 e. The number of pyridine rings is 1. The number of hydrogen-bond donors (Lipinski definition) is 4. The fraction of sp³-hybridized carbons (Fsp3) is 0.280. The molecule has 0 spiro atoms. The van der Waals surface area contributed by atoms with E-state index in [1.807, 2.05) is 31.2 Å². The summed E-state index contributed by atoms with van der Waals surface area (Å²) in [6.07, 6.45) is 1.42. The molecule has 1 aromatic carbocycles. The number of aliphatic hydroxyl groups is 1. The van der Waals surface area contributed by atoms with E-state index in [1.165, 1.54) is 6.33 Å². The number of nitrogens with two attached hydrogens (primary N) is 1. The molecule has 1 saturated heterocycles. The number of benzene rings is 1. The van der Waals surface area contributed by atoms with E-state index in [0.29, 0.717) is 42.6 Å². The summed E-state index contributed by atoms with van der Waals surface area (Å²) < 4.78 is 7.24. The topological polar surface area (TPSA) is 143 Å². The maximum absolute atomic E-state index is 12.4. The van der Waals surface area contributed by atoms with Crippen LogP contribution in [0.3, 0.4) is 0 Å². The summed E-state index contributed by atoms with van der Waals surface area (Å²) in [4.78, 5) is 23.1. The van der Waals surface area contributed by atoms with Gasteiger partial charge in [0.25, 0.3) is 0 Å². The molecule has 4 heterocycles. The third kappa shape index (κ3) is 4.85. The van der Waals surface area contributed by atoms with Crippen molar-refractivity contribution in [3.8, 4) is 11.1 Å². The molecule has 186 valence electrons. The Balaban J connectivity index is 1.44. The number of nitrogen functional groups attached to an aromatic ring is 1. The van der Waals surface area contributed by atoms with E-state index >= 15 is 0 Å². The first-order valence-electron chi connectivity index (χ1n) is 11.7. The van der Waals surface area contributed by atoms with Crippen molar-refractivity contribution in [2.75, 3.05) is 42.7 Å². The molecule has 0 atom stereocenters. The minimum atomic E-state index is -0.392. The Morgan fingerprint density at radius 2 is 1.92 bits per heavy atom. The number of fused-ring (bicyclic) bond motifs is 1. The van der Waals surface area contributed by atoms with E-state index in [4.69, 9.17) is 10.5 Å². The first-order chi connectivity index (χ1) is 17.5. The second-order valence-electron chi connectivity index (χ2n) is 8.57. The Bertz CT molecular complexity index is 1380. The van der Waals surface area contributed by atoms with Gasteiger partial charge in [-0.25, -0.2) is 19.3 Å². The fourth-order valence-electron chi connectivity index (χ4n) is 4.45. The Kier molecular flexibility index (Phi) is 6.76. The lowest BCUT2D eigenvalue weighted by molar-refractivity contribution is 0.0331. The molecule has 0 aliphatic carbocycles. The number of carbonyl (C=O) groups excluding carboxylic acids is 1. The summed E-state index contributed by atoms with van der Waals surface area (Å²) in [6.45, 7) is 5.22. The molecular formula is C25H28N8O3. The van der Waals surface area contributed by atoms with Crippen LogP contribution in [0.5, 0.6) is 0 Å². The predicted octanol–water partition coefficient (Wildman–Crippen LogP) is 2.65. The largest absolute Gasteiger partial charge is 0.392 e. The highest BCUT2D eigenvalue weighted by atomic mass is 16.5. The van der Waals surface area contributed by atoms with Crippen molar-refractivity contribution < 1.29 is 14.6 Å². The van der Waals surface area contributed by atoms with Crippen molar-refractivity contribution in [2.45, 2.75) is 20.1 Å². The number of ether oxygens (including phenoxy) is 1. The lowest BCUT2D eigenvalue weighted by atomic mass is 10.0. The first kappa shape index (κ1) is 23.7. The van der Waals surface area contributed by atoms with Crippen LogP contribution in [0.15, 0.2) is 48.8 Å². The Hall–Kier alpha value is -4.06. The van der Waals surface area contributed by atoms with Crippen LogP contribution in [-0.2, 0) is 17.9 Å². The zero-order valence-electron chi connectivity index (χ0n) is 19.9. The van der Waals surface area contributed by atoms with Gasteiger partial charge >= 0.3 is 6.03 Å². The summed E-state index contributed by atoms with van der Waals surface area (Å²) in [5.74, 6) is 0.801. The molecule has 5 N–H and O–H groups in total. The van der Waals surface area contributed by atoms with Crippen LogP contribution in [-0.4, -0.2) is 61.9 Å². The summed E-state index contributed by atoms with van der Waals surface area (Å²) in [6, 6.07) is 12.4. The minimum absolute atomic E-state index is 0.177. The summed E-state index contributed by atoms with van der Waals surface area (Å²) in [5, 5.41) is 20.4. The normalized spacial score (nSPS) is 14.2. The van der Waals surface area contributed by atoms with Gasteiger partial charge in [-0.15, -0.1) is 0 Å². The van der Waals surface area contributed by atoms with Gasteiger partial charge in [-0.2, -0.15) is 5.10 Å². The maximum atomic E-state index is 12.4. The van der Waals surface area contributed by atoms with Gasteiger partial charge in [-0.1, -0.05) is 18.2 Å². The number of carbonyl (C=O) groups is 1. The van der Waals surface area contributed by atoms with Crippen molar-refractivity contribution in [3.63, 3.8) is 0 Å². The number of rotatable bonds is 6. The molecule has 11 heteroatoms. The number of amides is 2. The highest BCUT2D eigenvalue weighted by Crippen LogP contribution is 2.36. The molecule has 3 aromatic heterocycles.